The number of ether oxygens (including phenoxy) is 4. The number of carbonyl (C=O) groups excluding carboxylic acids is 3. The van der Waals surface area contributed by atoms with Crippen LogP contribution in [0, 0.1) is 0 Å². The summed E-state index contributed by atoms with van der Waals surface area (Å²) in [5.74, 6) is -2.32. The number of hydrogen-bond acceptors (Lipinski definition) is 8. The van der Waals surface area contributed by atoms with E-state index in [4.69, 9.17) is 18.9 Å². The second kappa shape index (κ2) is 77.3. The summed E-state index contributed by atoms with van der Waals surface area (Å²) >= 11 is 0. The molecule has 0 rings (SSSR count). The Morgan fingerprint density at radius 2 is 0.545 bits per heavy atom. The molecule has 9 heteroatoms. The molecule has 0 saturated heterocycles. The van der Waals surface area contributed by atoms with Crippen molar-refractivity contribution in [1.29, 1.82) is 0 Å². The Morgan fingerprint density at radius 1 is 0.303 bits per heavy atom. The first-order valence-electron chi connectivity index (χ1n) is 38.9. The molecule has 0 spiro atoms. The normalized spacial score (nSPS) is 13.9. The number of aliphatic carboxylic acids is 1. The lowest BCUT2D eigenvalue weighted by Gasteiger charge is -2.26. The van der Waals surface area contributed by atoms with Crippen molar-refractivity contribution in [3.05, 3.63) is 219 Å². The van der Waals surface area contributed by atoms with Crippen LogP contribution in [0.1, 0.15) is 271 Å². The monoisotopic (exact) mass is 1360 g/mol. The van der Waals surface area contributed by atoms with Gasteiger partial charge in [0.1, 0.15) is 13.2 Å². The predicted octanol–water partition coefficient (Wildman–Crippen LogP) is 23.9. The van der Waals surface area contributed by atoms with E-state index in [2.05, 4.69) is 233 Å². The molecule has 0 fully saturated rings. The van der Waals surface area contributed by atoms with Crippen molar-refractivity contribution in [3.8, 4) is 0 Å². The number of rotatable bonds is 69. The number of hydrogen-bond donors (Lipinski definition) is 0. The van der Waals surface area contributed by atoms with Gasteiger partial charge in [-0.1, -0.05) is 322 Å². The molecule has 0 aromatic rings. The standard InChI is InChI=1S/C90H141NO8/c1-6-8-10-12-14-16-18-20-22-24-26-28-30-32-34-36-38-40-42-43-44-45-47-49-51-53-55-57-59-61-63-65-67-69-71-73-75-77-79-81-88(93)99-86(85-98-90(89(94)95)96-83-82-91(3,4)5)84-97-87(92)80-78-76-74-72-70-68-66-64-62-60-58-56-54-52-50-48-46-41-39-37-35-33-31-29-27-25-23-21-19-17-15-13-11-9-7-2/h8-11,14-17,20-23,26-29,32-35,38-41,43-44,47-50,53-56,60,62,86,90H,6-7,12-13,18-19,24-25,30-31,36-37,42,45-46,51-52,57-59,61,63-85H2,1-5H3/b10-8-,11-9-,16-14-,17-15-,22-20-,23-21-,28-26-,29-27-,34-32-,35-33-,40-38-,41-39-,44-43-,49-47-,50-48-,55-53-,56-54-,62-60-. The summed E-state index contributed by atoms with van der Waals surface area (Å²) in [5, 5.41) is 11.9. The SMILES string of the molecule is CC/C=C\C/C=C\C/C=C\C/C=C\C/C=C\C/C=C\C/C=C\C/C=C\C/C=C\CCCCCCCCCCCCCC(=O)OC(COC(=O)CCCCCCCCC/C=C\C/C=C\C/C=C\C/C=C\C/C=C\C/C=C\C/C=C\C/C=C\C/C=C\CC)COC(OCC[N+](C)(C)C)C(=O)[O-]. The molecule has 0 aliphatic heterocycles. The predicted molar refractivity (Wildman–Crippen MR) is 425 cm³/mol. The Kier molecular flexibility index (Phi) is 72.4. The Morgan fingerprint density at radius 3 is 0.808 bits per heavy atom. The average molecular weight is 1370 g/mol. The van der Waals surface area contributed by atoms with E-state index >= 15 is 0 Å². The topological polar surface area (TPSA) is 111 Å². The van der Waals surface area contributed by atoms with Crippen LogP contribution in [-0.4, -0.2) is 82.3 Å². The molecule has 0 radical (unpaired) electrons. The van der Waals surface area contributed by atoms with Crippen molar-refractivity contribution in [1.82, 2.24) is 0 Å². The van der Waals surface area contributed by atoms with Gasteiger partial charge in [-0.05, 0) is 154 Å². The van der Waals surface area contributed by atoms with E-state index in [-0.39, 0.29) is 38.6 Å². The summed E-state index contributed by atoms with van der Waals surface area (Å²) in [6, 6.07) is 0. The molecule has 0 amide bonds. The van der Waals surface area contributed by atoms with Gasteiger partial charge < -0.3 is 33.3 Å². The highest BCUT2D eigenvalue weighted by atomic mass is 16.7. The number of esters is 2. The van der Waals surface area contributed by atoms with E-state index < -0.39 is 24.3 Å². The van der Waals surface area contributed by atoms with Gasteiger partial charge in [0, 0.05) is 12.8 Å². The molecule has 0 N–H and O–H groups in total. The number of carbonyl (C=O) groups is 3. The molecule has 2 atom stereocenters. The zero-order valence-electron chi connectivity index (χ0n) is 63.3. The highest BCUT2D eigenvalue weighted by Crippen LogP contribution is 2.16. The zero-order valence-corrected chi connectivity index (χ0v) is 63.3. The molecular formula is C90H141NO8. The van der Waals surface area contributed by atoms with Gasteiger partial charge in [0.2, 0.25) is 0 Å². The van der Waals surface area contributed by atoms with Crippen LogP contribution in [0.4, 0.5) is 0 Å². The van der Waals surface area contributed by atoms with E-state index in [0.717, 1.165) is 167 Å². The first-order valence-corrected chi connectivity index (χ1v) is 38.9. The number of carboxylic acids is 1. The average Bonchev–Trinajstić information content (AvgIpc) is 1.14. The number of carboxylic acid groups (broad SMARTS) is 1. The molecule has 99 heavy (non-hydrogen) atoms. The van der Waals surface area contributed by atoms with Gasteiger partial charge >= 0.3 is 11.9 Å². The summed E-state index contributed by atoms with van der Waals surface area (Å²) in [5.41, 5.74) is 0. The summed E-state index contributed by atoms with van der Waals surface area (Å²) in [6.07, 6.45) is 119. The lowest BCUT2D eigenvalue weighted by Crippen LogP contribution is -2.44. The molecule has 2 unspecified atom stereocenters. The molecule has 9 nitrogen and oxygen atoms in total. The number of quaternary nitrogens is 1. The molecule has 554 valence electrons. The second-order valence-corrected chi connectivity index (χ2v) is 26.2. The van der Waals surface area contributed by atoms with Gasteiger partial charge in [-0.25, -0.2) is 0 Å². The van der Waals surface area contributed by atoms with E-state index in [9.17, 15) is 19.5 Å². The van der Waals surface area contributed by atoms with Gasteiger partial charge in [0.25, 0.3) is 0 Å². The first-order chi connectivity index (χ1) is 48.6. The number of allylic oxidation sites excluding steroid dienone is 36. The third-order valence-electron chi connectivity index (χ3n) is 15.7. The Labute approximate surface area is 607 Å². The minimum Gasteiger partial charge on any atom is -0.545 e. The summed E-state index contributed by atoms with van der Waals surface area (Å²) in [4.78, 5) is 37.6. The summed E-state index contributed by atoms with van der Waals surface area (Å²) in [7, 11) is 5.92. The maximum absolute atomic E-state index is 13.0. The maximum Gasteiger partial charge on any atom is 0.306 e. The Bertz CT molecular complexity index is 2440. The maximum atomic E-state index is 13.0. The molecular weight excluding hydrogens is 1220 g/mol. The molecule has 0 aromatic heterocycles. The van der Waals surface area contributed by atoms with Crippen LogP contribution in [0.25, 0.3) is 0 Å². The lowest BCUT2D eigenvalue weighted by atomic mass is 10.0. The first kappa shape index (κ1) is 92.6. The van der Waals surface area contributed by atoms with Crippen LogP contribution in [0.5, 0.6) is 0 Å². The third-order valence-corrected chi connectivity index (χ3v) is 15.7. The lowest BCUT2D eigenvalue weighted by molar-refractivity contribution is -0.870. The van der Waals surface area contributed by atoms with E-state index in [1.165, 1.54) is 64.2 Å². The van der Waals surface area contributed by atoms with E-state index in [0.29, 0.717) is 23.9 Å². The number of nitrogens with zero attached hydrogens (tertiary/aromatic N) is 1. The summed E-state index contributed by atoms with van der Waals surface area (Å²) < 4.78 is 22.8. The fourth-order valence-corrected chi connectivity index (χ4v) is 9.87. The van der Waals surface area contributed by atoms with Gasteiger partial charge in [-0.2, -0.15) is 0 Å². The van der Waals surface area contributed by atoms with Crippen LogP contribution in [0.2, 0.25) is 0 Å². The molecule has 0 heterocycles. The smallest absolute Gasteiger partial charge is 0.306 e. The van der Waals surface area contributed by atoms with Crippen LogP contribution in [0.3, 0.4) is 0 Å². The molecule has 0 aromatic carbocycles. The summed E-state index contributed by atoms with van der Waals surface area (Å²) in [6.45, 7) is 4.48. The minimum atomic E-state index is -1.64. The van der Waals surface area contributed by atoms with Crippen LogP contribution in [0.15, 0.2) is 219 Å². The van der Waals surface area contributed by atoms with Crippen LogP contribution >= 0.6 is 0 Å². The zero-order chi connectivity index (χ0) is 71.8. The van der Waals surface area contributed by atoms with Crippen molar-refractivity contribution in [2.45, 2.75) is 283 Å². The van der Waals surface area contributed by atoms with Crippen LogP contribution in [-0.2, 0) is 33.3 Å². The largest absolute Gasteiger partial charge is 0.545 e. The van der Waals surface area contributed by atoms with Crippen molar-refractivity contribution >= 4 is 17.9 Å². The Hall–Kier alpha value is -6.39. The Balaban J connectivity index is 4.19. The van der Waals surface area contributed by atoms with Gasteiger partial charge in [-0.15, -0.1) is 0 Å². The minimum absolute atomic E-state index is 0.134. The fourth-order valence-electron chi connectivity index (χ4n) is 9.87. The van der Waals surface area contributed by atoms with Crippen molar-refractivity contribution < 1.29 is 42.9 Å². The van der Waals surface area contributed by atoms with Gasteiger partial charge in [-0.3, -0.25) is 9.59 Å². The van der Waals surface area contributed by atoms with Gasteiger partial charge in [0.15, 0.2) is 12.4 Å². The molecule has 0 aliphatic rings. The van der Waals surface area contributed by atoms with E-state index in [1.54, 1.807) is 0 Å². The van der Waals surface area contributed by atoms with Crippen molar-refractivity contribution in [2.24, 2.45) is 0 Å². The van der Waals surface area contributed by atoms with Crippen molar-refractivity contribution in [2.75, 3.05) is 47.5 Å². The fraction of sp³-hybridized carbons (Fsp3) is 0.567. The molecule has 0 saturated carbocycles. The highest BCUT2D eigenvalue weighted by Gasteiger charge is 2.22. The molecule has 0 aliphatic carbocycles. The van der Waals surface area contributed by atoms with Gasteiger partial charge in [0.05, 0.1) is 40.3 Å². The third kappa shape index (κ3) is 78.8. The second-order valence-electron chi connectivity index (χ2n) is 26.2. The van der Waals surface area contributed by atoms with E-state index in [1.807, 2.05) is 21.1 Å². The van der Waals surface area contributed by atoms with Crippen LogP contribution < -0.4 is 5.11 Å². The van der Waals surface area contributed by atoms with Crippen molar-refractivity contribution in [3.63, 3.8) is 0 Å². The highest BCUT2D eigenvalue weighted by molar-refractivity contribution is 5.70. The number of likely N-dealkylation sites (N-methyl/N-ethyl adjacent to an activating group) is 1. The number of unbranched alkanes of at least 4 members (excludes halogenated alkanes) is 18. The quantitative estimate of drug-likeness (QED) is 0.0195. The molecule has 0 bridgehead atoms.